The van der Waals surface area contributed by atoms with E-state index in [1.165, 1.54) is 11.3 Å². The van der Waals surface area contributed by atoms with E-state index in [2.05, 4.69) is 46.5 Å². The van der Waals surface area contributed by atoms with Gasteiger partial charge in [-0.25, -0.2) is 0 Å². The van der Waals surface area contributed by atoms with Crippen molar-refractivity contribution in [1.29, 1.82) is 0 Å². The molecule has 3 nitrogen and oxygen atoms in total. The molecule has 78 valence electrons. The summed E-state index contributed by atoms with van der Waals surface area (Å²) >= 11 is 3.51. The Labute approximate surface area is 92.6 Å². The number of rotatable bonds is 0. The average Bonchev–Trinajstić information content (AvgIpc) is 2.44. The minimum absolute atomic E-state index is 0.0246. The molecule has 0 spiro atoms. The molecule has 0 bridgehead atoms. The molecule has 0 saturated heterocycles. The van der Waals surface area contributed by atoms with Gasteiger partial charge in [0.05, 0.1) is 24.4 Å². The number of halogens is 1. The van der Waals surface area contributed by atoms with Gasteiger partial charge in [0, 0.05) is 12.0 Å². The predicted molar refractivity (Wildman–Crippen MR) is 58.3 cm³/mol. The lowest BCUT2D eigenvalue weighted by atomic mass is 10.1. The molecule has 0 saturated carbocycles. The van der Waals surface area contributed by atoms with E-state index in [0.717, 1.165) is 17.6 Å². The Balaban J connectivity index is 2.52. The lowest BCUT2D eigenvalue weighted by molar-refractivity contribution is 0.0999. The summed E-state index contributed by atoms with van der Waals surface area (Å²) in [5.41, 5.74) is 2.55. The van der Waals surface area contributed by atoms with Gasteiger partial charge >= 0.3 is 0 Å². The first-order valence-electron chi connectivity index (χ1n) is 4.84. The topological polar surface area (TPSA) is 27.1 Å². The zero-order chi connectivity index (χ0) is 10.3. The summed E-state index contributed by atoms with van der Waals surface area (Å²) in [5.74, 6) is 0. The van der Waals surface area contributed by atoms with E-state index in [1.54, 1.807) is 0 Å². The van der Waals surface area contributed by atoms with E-state index in [0.29, 0.717) is 6.61 Å². The molecule has 2 heterocycles. The largest absolute Gasteiger partial charge is 0.375 e. The van der Waals surface area contributed by atoms with E-state index in [1.807, 2.05) is 0 Å². The Hall–Kier alpha value is -0.350. The van der Waals surface area contributed by atoms with Crippen LogP contribution in [0.25, 0.3) is 0 Å². The molecule has 0 radical (unpaired) electrons. The minimum atomic E-state index is 0.0246. The molecule has 1 aromatic heterocycles. The van der Waals surface area contributed by atoms with Gasteiger partial charge in [0.1, 0.15) is 4.60 Å². The van der Waals surface area contributed by atoms with Gasteiger partial charge in [-0.1, -0.05) is 0 Å². The van der Waals surface area contributed by atoms with Gasteiger partial charge in [-0.15, -0.1) is 0 Å². The molecule has 0 atom stereocenters. The van der Waals surface area contributed by atoms with Crippen LogP contribution in [0.5, 0.6) is 0 Å². The molecule has 1 aliphatic heterocycles. The molecule has 1 aliphatic rings. The monoisotopic (exact) mass is 258 g/mol. The molecule has 2 rings (SSSR count). The summed E-state index contributed by atoms with van der Waals surface area (Å²) in [6, 6.07) is 0. The maximum Gasteiger partial charge on any atom is 0.131 e. The number of fused-ring (bicyclic) bond motifs is 1. The first-order valence-corrected chi connectivity index (χ1v) is 5.64. The predicted octanol–water partition coefficient (Wildman–Crippen LogP) is 2.47. The first-order chi connectivity index (χ1) is 6.50. The highest BCUT2D eigenvalue weighted by Gasteiger charge is 2.25. The second-order valence-corrected chi connectivity index (χ2v) is 5.35. The van der Waals surface area contributed by atoms with Crippen LogP contribution < -0.4 is 0 Å². The van der Waals surface area contributed by atoms with Crippen LogP contribution in [0.2, 0.25) is 0 Å². The van der Waals surface area contributed by atoms with Crippen molar-refractivity contribution >= 4 is 15.9 Å². The van der Waals surface area contributed by atoms with Crippen molar-refractivity contribution in [3.05, 3.63) is 15.9 Å². The van der Waals surface area contributed by atoms with Crippen molar-refractivity contribution in [1.82, 2.24) is 9.78 Å². The van der Waals surface area contributed by atoms with Gasteiger partial charge < -0.3 is 4.74 Å². The number of hydrogen-bond donors (Lipinski definition) is 0. The Morgan fingerprint density at radius 1 is 1.43 bits per heavy atom. The van der Waals surface area contributed by atoms with Crippen LogP contribution in [0.15, 0.2) is 4.60 Å². The third kappa shape index (κ3) is 1.61. The van der Waals surface area contributed by atoms with Crippen LogP contribution in [0.4, 0.5) is 0 Å². The van der Waals surface area contributed by atoms with Gasteiger partial charge in [-0.2, -0.15) is 5.10 Å². The lowest BCUT2D eigenvalue weighted by Crippen LogP contribution is -2.27. The minimum Gasteiger partial charge on any atom is -0.375 e. The Bertz CT molecular complexity index is 352. The molecular weight excluding hydrogens is 244 g/mol. The van der Waals surface area contributed by atoms with Crippen LogP contribution >= 0.6 is 15.9 Å². The highest BCUT2D eigenvalue weighted by molar-refractivity contribution is 9.10. The zero-order valence-electron chi connectivity index (χ0n) is 8.80. The maximum absolute atomic E-state index is 5.46. The van der Waals surface area contributed by atoms with Crippen molar-refractivity contribution in [2.45, 2.75) is 39.3 Å². The molecule has 0 N–H and O–H groups in total. The van der Waals surface area contributed by atoms with Gasteiger partial charge in [0.2, 0.25) is 0 Å². The molecule has 14 heavy (non-hydrogen) atoms. The Morgan fingerprint density at radius 2 is 2.14 bits per heavy atom. The second kappa shape index (κ2) is 3.35. The number of aromatic nitrogens is 2. The summed E-state index contributed by atoms with van der Waals surface area (Å²) in [4.78, 5) is 0. The Kier molecular flexibility index (Phi) is 2.43. The van der Waals surface area contributed by atoms with Crippen LogP contribution in [-0.4, -0.2) is 16.4 Å². The quantitative estimate of drug-likeness (QED) is 0.715. The Morgan fingerprint density at radius 3 is 2.79 bits per heavy atom. The van der Waals surface area contributed by atoms with Gasteiger partial charge in [-0.05, 0) is 36.7 Å². The standard InChI is InChI=1S/C10H15BrN2O/c1-10(2,3)13-8-6-14-5-4-7(8)9(11)12-13/h4-6H2,1-3H3. The SMILES string of the molecule is CC(C)(C)n1nc(Br)c2c1COCC2. The number of ether oxygens (including phenoxy) is 1. The van der Waals surface area contributed by atoms with Crippen LogP contribution in [0.1, 0.15) is 32.0 Å². The van der Waals surface area contributed by atoms with E-state index in [-0.39, 0.29) is 5.54 Å². The highest BCUT2D eigenvalue weighted by Crippen LogP contribution is 2.28. The van der Waals surface area contributed by atoms with Crippen molar-refractivity contribution < 1.29 is 4.74 Å². The molecule has 0 amide bonds. The van der Waals surface area contributed by atoms with E-state index in [9.17, 15) is 0 Å². The normalized spacial score (nSPS) is 16.9. The molecular formula is C10H15BrN2O. The third-order valence-corrected chi connectivity index (χ3v) is 3.05. The third-order valence-electron chi connectivity index (χ3n) is 2.41. The van der Waals surface area contributed by atoms with Gasteiger partial charge in [0.25, 0.3) is 0 Å². The number of hydrogen-bond acceptors (Lipinski definition) is 2. The van der Waals surface area contributed by atoms with Crippen molar-refractivity contribution in [3.8, 4) is 0 Å². The summed E-state index contributed by atoms with van der Waals surface area (Å²) in [6.45, 7) is 7.95. The fraction of sp³-hybridized carbons (Fsp3) is 0.700. The average molecular weight is 259 g/mol. The molecule has 4 heteroatoms. The van der Waals surface area contributed by atoms with Gasteiger partial charge in [-0.3, -0.25) is 4.68 Å². The molecule has 0 aromatic carbocycles. The summed E-state index contributed by atoms with van der Waals surface area (Å²) in [7, 11) is 0. The molecule has 0 fully saturated rings. The van der Waals surface area contributed by atoms with Crippen LogP contribution in [0.3, 0.4) is 0 Å². The smallest absolute Gasteiger partial charge is 0.131 e. The van der Waals surface area contributed by atoms with E-state index in [4.69, 9.17) is 4.74 Å². The highest BCUT2D eigenvalue weighted by atomic mass is 79.9. The maximum atomic E-state index is 5.46. The van der Waals surface area contributed by atoms with E-state index >= 15 is 0 Å². The summed E-state index contributed by atoms with van der Waals surface area (Å²) in [6.07, 6.45) is 0.964. The van der Waals surface area contributed by atoms with Crippen molar-refractivity contribution in [2.24, 2.45) is 0 Å². The molecule has 0 aliphatic carbocycles. The molecule has 0 unspecified atom stereocenters. The second-order valence-electron chi connectivity index (χ2n) is 4.60. The summed E-state index contributed by atoms with van der Waals surface area (Å²) in [5, 5.41) is 4.52. The molecule has 1 aromatic rings. The fourth-order valence-electron chi connectivity index (χ4n) is 1.75. The lowest BCUT2D eigenvalue weighted by Gasteiger charge is -2.24. The van der Waals surface area contributed by atoms with Crippen LogP contribution in [0, 0.1) is 0 Å². The van der Waals surface area contributed by atoms with Crippen molar-refractivity contribution in [3.63, 3.8) is 0 Å². The first kappa shape index (κ1) is 10.2. The fourth-order valence-corrected chi connectivity index (χ4v) is 2.33. The van der Waals surface area contributed by atoms with Crippen molar-refractivity contribution in [2.75, 3.05) is 6.61 Å². The number of nitrogens with zero attached hydrogens (tertiary/aromatic N) is 2. The zero-order valence-corrected chi connectivity index (χ0v) is 10.4. The van der Waals surface area contributed by atoms with E-state index < -0.39 is 0 Å². The van der Waals surface area contributed by atoms with Crippen LogP contribution in [-0.2, 0) is 23.3 Å². The summed E-state index contributed by atoms with van der Waals surface area (Å²) < 4.78 is 8.50. The van der Waals surface area contributed by atoms with Gasteiger partial charge in [0.15, 0.2) is 0 Å².